The van der Waals surface area contributed by atoms with Crippen LogP contribution in [-0.2, 0) is 4.84 Å². The van der Waals surface area contributed by atoms with Crippen LogP contribution in [0.2, 0.25) is 0 Å². The first-order valence-electron chi connectivity index (χ1n) is 4.33. The first-order valence-corrected chi connectivity index (χ1v) is 5.12. The van der Waals surface area contributed by atoms with E-state index in [0.717, 1.165) is 22.2 Å². The van der Waals surface area contributed by atoms with E-state index in [1.54, 1.807) is 12.4 Å². The molecule has 0 aromatic carbocycles. The highest BCUT2D eigenvalue weighted by molar-refractivity contribution is 9.10. The minimum atomic E-state index is 0.0176. The topological polar surface area (TPSA) is 60.5 Å². The molecule has 2 N–H and O–H groups in total. The second-order valence-corrected chi connectivity index (χ2v) is 4.01. The largest absolute Gasteiger partial charge is 0.390 e. The van der Waals surface area contributed by atoms with Crippen LogP contribution in [0.15, 0.2) is 28.1 Å². The van der Waals surface area contributed by atoms with Crippen LogP contribution in [0.1, 0.15) is 12.0 Å². The van der Waals surface area contributed by atoms with Crippen LogP contribution in [-0.4, -0.2) is 23.3 Å². The van der Waals surface area contributed by atoms with Crippen molar-refractivity contribution in [2.45, 2.75) is 12.5 Å². The van der Waals surface area contributed by atoms with Crippen LogP contribution in [0.25, 0.3) is 0 Å². The summed E-state index contributed by atoms with van der Waals surface area (Å²) in [5.74, 6) is 0. The average Bonchev–Trinajstić information content (AvgIpc) is 2.66. The molecule has 0 amide bonds. The van der Waals surface area contributed by atoms with Crippen molar-refractivity contribution in [3.63, 3.8) is 0 Å². The zero-order valence-corrected chi connectivity index (χ0v) is 9.07. The van der Waals surface area contributed by atoms with Crippen molar-refractivity contribution in [3.8, 4) is 0 Å². The van der Waals surface area contributed by atoms with Gasteiger partial charge in [-0.05, 0) is 22.0 Å². The molecule has 1 atom stereocenters. The van der Waals surface area contributed by atoms with Crippen LogP contribution in [0.4, 0.5) is 0 Å². The number of nitrogens with zero attached hydrogens (tertiary/aromatic N) is 2. The van der Waals surface area contributed by atoms with Crippen molar-refractivity contribution >= 4 is 21.6 Å². The van der Waals surface area contributed by atoms with E-state index in [2.05, 4.69) is 26.1 Å². The Kier molecular flexibility index (Phi) is 2.79. The molecule has 2 rings (SSSR count). The summed E-state index contributed by atoms with van der Waals surface area (Å²) in [6.07, 6.45) is 4.28. The number of pyridine rings is 1. The van der Waals surface area contributed by atoms with E-state index >= 15 is 0 Å². The summed E-state index contributed by atoms with van der Waals surface area (Å²) in [4.78, 5) is 9.19. The summed E-state index contributed by atoms with van der Waals surface area (Å²) in [5, 5.41) is 3.98. The van der Waals surface area contributed by atoms with Crippen LogP contribution < -0.4 is 5.73 Å². The molecule has 14 heavy (non-hydrogen) atoms. The Morgan fingerprint density at radius 1 is 1.57 bits per heavy atom. The van der Waals surface area contributed by atoms with Gasteiger partial charge in [-0.15, -0.1) is 0 Å². The molecule has 0 bridgehead atoms. The third-order valence-corrected chi connectivity index (χ3v) is 2.47. The van der Waals surface area contributed by atoms with Crippen molar-refractivity contribution in [2.24, 2.45) is 10.9 Å². The summed E-state index contributed by atoms with van der Waals surface area (Å²) in [6, 6.07) is 1.97. The average molecular weight is 256 g/mol. The molecule has 1 unspecified atom stereocenters. The van der Waals surface area contributed by atoms with E-state index in [9.17, 15) is 0 Å². The van der Waals surface area contributed by atoms with Gasteiger partial charge < -0.3 is 10.6 Å². The van der Waals surface area contributed by atoms with Crippen molar-refractivity contribution in [2.75, 3.05) is 6.54 Å². The lowest BCUT2D eigenvalue weighted by atomic mass is 10.1. The van der Waals surface area contributed by atoms with E-state index in [1.165, 1.54) is 0 Å². The SMILES string of the molecule is NCC1CC(c2cncc(Br)c2)=NO1. The van der Waals surface area contributed by atoms with E-state index in [1.807, 2.05) is 6.07 Å². The number of rotatable bonds is 2. The van der Waals surface area contributed by atoms with Gasteiger partial charge in [0.25, 0.3) is 0 Å². The maximum atomic E-state index is 5.48. The molecule has 1 aliphatic rings. The molecule has 74 valence electrons. The molecule has 0 fully saturated rings. The Labute approximate surface area is 90.3 Å². The summed E-state index contributed by atoms with van der Waals surface area (Å²) in [5.41, 5.74) is 7.37. The lowest BCUT2D eigenvalue weighted by Gasteiger charge is -2.02. The predicted molar refractivity (Wildman–Crippen MR) is 57.0 cm³/mol. The molecule has 0 saturated heterocycles. The van der Waals surface area contributed by atoms with Gasteiger partial charge in [0.1, 0.15) is 6.10 Å². The molecule has 0 radical (unpaired) electrons. The lowest BCUT2D eigenvalue weighted by Crippen LogP contribution is -2.20. The van der Waals surface area contributed by atoms with Gasteiger partial charge in [0.05, 0.1) is 5.71 Å². The van der Waals surface area contributed by atoms with Crippen LogP contribution in [0, 0.1) is 0 Å². The minimum Gasteiger partial charge on any atom is -0.390 e. The summed E-state index contributed by atoms with van der Waals surface area (Å²) >= 11 is 3.36. The number of nitrogens with two attached hydrogens (primary N) is 1. The number of aromatic nitrogens is 1. The number of hydrogen-bond acceptors (Lipinski definition) is 4. The number of oxime groups is 1. The normalized spacial score (nSPS) is 20.4. The molecule has 2 heterocycles. The fourth-order valence-electron chi connectivity index (χ4n) is 1.29. The summed E-state index contributed by atoms with van der Waals surface area (Å²) < 4.78 is 0.939. The Morgan fingerprint density at radius 2 is 2.43 bits per heavy atom. The highest BCUT2D eigenvalue weighted by Gasteiger charge is 2.20. The Morgan fingerprint density at radius 3 is 3.07 bits per heavy atom. The van der Waals surface area contributed by atoms with Crippen molar-refractivity contribution < 1.29 is 4.84 Å². The van der Waals surface area contributed by atoms with E-state index in [-0.39, 0.29) is 6.10 Å². The second-order valence-electron chi connectivity index (χ2n) is 3.10. The van der Waals surface area contributed by atoms with Crippen molar-refractivity contribution in [1.82, 2.24) is 4.98 Å². The monoisotopic (exact) mass is 255 g/mol. The second kappa shape index (κ2) is 4.06. The maximum absolute atomic E-state index is 5.48. The highest BCUT2D eigenvalue weighted by atomic mass is 79.9. The zero-order valence-electron chi connectivity index (χ0n) is 7.48. The molecule has 0 aliphatic carbocycles. The molecular formula is C9H10BrN3O. The van der Waals surface area contributed by atoms with Gasteiger partial charge in [-0.25, -0.2) is 0 Å². The minimum absolute atomic E-state index is 0.0176. The van der Waals surface area contributed by atoms with Crippen molar-refractivity contribution in [1.29, 1.82) is 0 Å². The third-order valence-electron chi connectivity index (χ3n) is 2.03. The van der Waals surface area contributed by atoms with Crippen LogP contribution in [0.5, 0.6) is 0 Å². The first kappa shape index (κ1) is 9.61. The third kappa shape index (κ3) is 1.93. The molecule has 5 heteroatoms. The van der Waals surface area contributed by atoms with E-state index in [4.69, 9.17) is 10.6 Å². The molecule has 1 aliphatic heterocycles. The molecule has 4 nitrogen and oxygen atoms in total. The van der Waals surface area contributed by atoms with Gasteiger partial charge in [-0.1, -0.05) is 5.16 Å². The fourth-order valence-corrected chi connectivity index (χ4v) is 1.66. The first-order chi connectivity index (χ1) is 6.79. The van der Waals surface area contributed by atoms with Gasteiger partial charge in [-0.2, -0.15) is 0 Å². The quantitative estimate of drug-likeness (QED) is 0.867. The number of hydrogen-bond donors (Lipinski definition) is 1. The lowest BCUT2D eigenvalue weighted by molar-refractivity contribution is 0.0918. The highest BCUT2D eigenvalue weighted by Crippen LogP contribution is 2.17. The van der Waals surface area contributed by atoms with Gasteiger partial charge in [-0.3, -0.25) is 4.98 Å². The van der Waals surface area contributed by atoms with Gasteiger partial charge in [0, 0.05) is 35.4 Å². The summed E-state index contributed by atoms with van der Waals surface area (Å²) in [7, 11) is 0. The standard InChI is InChI=1S/C9H10BrN3O/c10-7-1-6(4-12-5-7)9-2-8(3-11)14-13-9/h1,4-5,8H,2-3,11H2. The molecule has 1 aromatic rings. The van der Waals surface area contributed by atoms with Gasteiger partial charge in [0.2, 0.25) is 0 Å². The molecule has 0 spiro atoms. The van der Waals surface area contributed by atoms with Crippen molar-refractivity contribution in [3.05, 3.63) is 28.5 Å². The fraction of sp³-hybridized carbons (Fsp3) is 0.333. The zero-order chi connectivity index (χ0) is 9.97. The van der Waals surface area contributed by atoms with Gasteiger partial charge >= 0.3 is 0 Å². The van der Waals surface area contributed by atoms with Crippen LogP contribution in [0.3, 0.4) is 0 Å². The molecule has 1 aromatic heterocycles. The van der Waals surface area contributed by atoms with Gasteiger partial charge in [0.15, 0.2) is 0 Å². The maximum Gasteiger partial charge on any atom is 0.145 e. The van der Waals surface area contributed by atoms with Crippen LogP contribution >= 0.6 is 15.9 Å². The molecular weight excluding hydrogens is 246 g/mol. The van der Waals surface area contributed by atoms with E-state index in [0.29, 0.717) is 6.54 Å². The smallest absolute Gasteiger partial charge is 0.145 e. The Balaban J connectivity index is 2.17. The molecule has 0 saturated carbocycles. The Hall–Kier alpha value is -0.940. The summed E-state index contributed by atoms with van der Waals surface area (Å²) in [6.45, 7) is 0.494. The Bertz CT molecular complexity index is 367. The van der Waals surface area contributed by atoms with E-state index < -0.39 is 0 Å². The number of halogens is 1. The predicted octanol–water partition coefficient (Wildman–Crippen LogP) is 1.30.